The highest BCUT2D eigenvalue weighted by Crippen LogP contribution is 2.30. The van der Waals surface area contributed by atoms with Crippen molar-refractivity contribution in [3.05, 3.63) is 23.8 Å². The van der Waals surface area contributed by atoms with E-state index < -0.39 is 0 Å². The van der Waals surface area contributed by atoms with Crippen LogP contribution >= 0.6 is 0 Å². The van der Waals surface area contributed by atoms with Gasteiger partial charge in [-0.3, -0.25) is 0 Å². The molecule has 2 saturated heterocycles. The van der Waals surface area contributed by atoms with Crippen molar-refractivity contribution in [3.8, 4) is 6.07 Å². The minimum Gasteiger partial charge on any atom is -0.371 e. The van der Waals surface area contributed by atoms with Crippen molar-refractivity contribution in [1.82, 2.24) is 0 Å². The zero-order valence-electron chi connectivity index (χ0n) is 10.7. The molecule has 0 unspecified atom stereocenters. The Morgan fingerprint density at radius 1 is 0.889 bits per heavy atom. The SMILES string of the molecule is N#Cc1ccc(N2CCCC2)cc1N1CCCC1. The predicted molar refractivity (Wildman–Crippen MR) is 74.1 cm³/mol. The van der Waals surface area contributed by atoms with Crippen molar-refractivity contribution in [2.45, 2.75) is 25.7 Å². The van der Waals surface area contributed by atoms with Crippen LogP contribution in [0.5, 0.6) is 0 Å². The highest BCUT2D eigenvalue weighted by atomic mass is 15.2. The quantitative estimate of drug-likeness (QED) is 0.797. The van der Waals surface area contributed by atoms with Crippen molar-refractivity contribution in [2.75, 3.05) is 36.0 Å². The van der Waals surface area contributed by atoms with Gasteiger partial charge < -0.3 is 9.80 Å². The minimum atomic E-state index is 0.819. The third kappa shape index (κ3) is 2.03. The summed E-state index contributed by atoms with van der Waals surface area (Å²) in [5.74, 6) is 0. The lowest BCUT2D eigenvalue weighted by Gasteiger charge is -2.23. The van der Waals surface area contributed by atoms with E-state index in [4.69, 9.17) is 0 Å². The number of benzene rings is 1. The lowest BCUT2D eigenvalue weighted by Crippen LogP contribution is -2.21. The van der Waals surface area contributed by atoms with Crippen molar-refractivity contribution >= 4 is 11.4 Å². The first kappa shape index (κ1) is 11.4. The summed E-state index contributed by atoms with van der Waals surface area (Å²) in [5, 5.41) is 9.24. The smallest absolute Gasteiger partial charge is 0.101 e. The Labute approximate surface area is 109 Å². The second kappa shape index (κ2) is 4.89. The fourth-order valence-electron chi connectivity index (χ4n) is 3.01. The summed E-state index contributed by atoms with van der Waals surface area (Å²) in [6, 6.07) is 8.64. The van der Waals surface area contributed by atoms with Crippen LogP contribution in [-0.4, -0.2) is 26.2 Å². The highest BCUT2D eigenvalue weighted by Gasteiger charge is 2.19. The molecule has 0 bridgehead atoms. The van der Waals surface area contributed by atoms with E-state index in [0.29, 0.717) is 0 Å². The molecule has 0 saturated carbocycles. The van der Waals surface area contributed by atoms with E-state index in [0.717, 1.165) is 37.4 Å². The van der Waals surface area contributed by atoms with E-state index in [2.05, 4.69) is 28.0 Å². The van der Waals surface area contributed by atoms with Gasteiger partial charge in [-0.05, 0) is 43.9 Å². The minimum absolute atomic E-state index is 0.819. The van der Waals surface area contributed by atoms with E-state index in [9.17, 15) is 5.26 Å². The maximum Gasteiger partial charge on any atom is 0.101 e. The number of nitrogens with zero attached hydrogens (tertiary/aromatic N) is 3. The van der Waals surface area contributed by atoms with E-state index >= 15 is 0 Å². The summed E-state index contributed by atoms with van der Waals surface area (Å²) >= 11 is 0. The molecule has 0 atom stereocenters. The topological polar surface area (TPSA) is 30.3 Å². The zero-order valence-corrected chi connectivity index (χ0v) is 10.7. The van der Waals surface area contributed by atoms with E-state index in [1.165, 1.54) is 31.4 Å². The van der Waals surface area contributed by atoms with Gasteiger partial charge >= 0.3 is 0 Å². The van der Waals surface area contributed by atoms with Crippen LogP contribution < -0.4 is 9.80 Å². The highest BCUT2D eigenvalue weighted by molar-refractivity contribution is 5.67. The summed E-state index contributed by atoms with van der Waals surface area (Å²) in [7, 11) is 0. The lowest BCUT2D eigenvalue weighted by atomic mass is 10.1. The van der Waals surface area contributed by atoms with E-state index in [1.54, 1.807) is 0 Å². The van der Waals surface area contributed by atoms with Crippen LogP contribution in [0.2, 0.25) is 0 Å². The fraction of sp³-hybridized carbons (Fsp3) is 0.533. The van der Waals surface area contributed by atoms with Gasteiger partial charge in [0.15, 0.2) is 0 Å². The third-order valence-corrected chi connectivity index (χ3v) is 4.02. The Balaban J connectivity index is 1.93. The first-order valence-electron chi connectivity index (χ1n) is 6.92. The molecule has 2 heterocycles. The van der Waals surface area contributed by atoms with Gasteiger partial charge in [0.1, 0.15) is 6.07 Å². The molecule has 2 aliphatic heterocycles. The van der Waals surface area contributed by atoms with Crippen LogP contribution in [0.15, 0.2) is 18.2 Å². The molecule has 3 nitrogen and oxygen atoms in total. The molecule has 0 radical (unpaired) electrons. The molecule has 0 N–H and O–H groups in total. The van der Waals surface area contributed by atoms with Gasteiger partial charge in [-0.2, -0.15) is 5.26 Å². The maximum absolute atomic E-state index is 9.24. The lowest BCUT2D eigenvalue weighted by molar-refractivity contribution is 0.948. The molecule has 2 fully saturated rings. The van der Waals surface area contributed by atoms with Gasteiger partial charge in [-0.1, -0.05) is 0 Å². The number of hydrogen-bond acceptors (Lipinski definition) is 3. The monoisotopic (exact) mass is 241 g/mol. The standard InChI is InChI=1S/C15H19N3/c16-12-13-5-6-14(17-7-1-2-8-17)11-15(13)18-9-3-4-10-18/h5-6,11H,1-4,7-10H2. The molecule has 1 aromatic carbocycles. The first-order valence-corrected chi connectivity index (χ1v) is 6.92. The van der Waals surface area contributed by atoms with Crippen LogP contribution in [0, 0.1) is 11.3 Å². The number of nitriles is 1. The number of rotatable bonds is 2. The molecule has 0 spiro atoms. The normalized spacial score (nSPS) is 19.3. The van der Waals surface area contributed by atoms with Crippen LogP contribution in [0.25, 0.3) is 0 Å². The van der Waals surface area contributed by atoms with Gasteiger partial charge in [-0.25, -0.2) is 0 Å². The van der Waals surface area contributed by atoms with Crippen LogP contribution in [0.3, 0.4) is 0 Å². The molecular weight excluding hydrogens is 222 g/mol. The summed E-state index contributed by atoms with van der Waals surface area (Å²) in [6.07, 6.45) is 5.08. The van der Waals surface area contributed by atoms with Gasteiger partial charge in [0.25, 0.3) is 0 Å². The summed E-state index contributed by atoms with van der Waals surface area (Å²) in [6.45, 7) is 4.51. The predicted octanol–water partition coefficient (Wildman–Crippen LogP) is 2.76. The molecule has 18 heavy (non-hydrogen) atoms. The van der Waals surface area contributed by atoms with Crippen molar-refractivity contribution < 1.29 is 0 Å². The second-order valence-electron chi connectivity index (χ2n) is 5.20. The molecular formula is C15H19N3. The second-order valence-corrected chi connectivity index (χ2v) is 5.20. The van der Waals surface area contributed by atoms with Crippen molar-refractivity contribution in [2.24, 2.45) is 0 Å². The van der Waals surface area contributed by atoms with E-state index in [-0.39, 0.29) is 0 Å². The third-order valence-electron chi connectivity index (χ3n) is 4.02. The Morgan fingerprint density at radius 3 is 2.11 bits per heavy atom. The Bertz CT molecular complexity index is 463. The van der Waals surface area contributed by atoms with Crippen LogP contribution in [0.4, 0.5) is 11.4 Å². The summed E-state index contributed by atoms with van der Waals surface area (Å²) < 4.78 is 0. The molecule has 1 aromatic rings. The van der Waals surface area contributed by atoms with Gasteiger partial charge in [0.05, 0.1) is 11.3 Å². The molecule has 94 valence electrons. The van der Waals surface area contributed by atoms with Crippen molar-refractivity contribution in [1.29, 1.82) is 5.26 Å². The number of hydrogen-bond donors (Lipinski definition) is 0. The van der Waals surface area contributed by atoms with Gasteiger partial charge in [0.2, 0.25) is 0 Å². The largest absolute Gasteiger partial charge is 0.371 e. The van der Waals surface area contributed by atoms with Gasteiger partial charge in [0, 0.05) is 31.9 Å². The molecule has 3 heteroatoms. The summed E-state index contributed by atoms with van der Waals surface area (Å²) in [5.41, 5.74) is 3.24. The maximum atomic E-state index is 9.24. The van der Waals surface area contributed by atoms with Gasteiger partial charge in [-0.15, -0.1) is 0 Å². The number of anilines is 2. The van der Waals surface area contributed by atoms with Crippen LogP contribution in [0.1, 0.15) is 31.2 Å². The molecule has 0 aliphatic carbocycles. The molecule has 2 aliphatic rings. The molecule has 0 aromatic heterocycles. The average molecular weight is 241 g/mol. The van der Waals surface area contributed by atoms with E-state index in [1.807, 2.05) is 6.07 Å². The van der Waals surface area contributed by atoms with Crippen molar-refractivity contribution in [3.63, 3.8) is 0 Å². The average Bonchev–Trinajstić information content (AvgIpc) is 3.11. The first-order chi connectivity index (χ1) is 8.88. The fourth-order valence-corrected chi connectivity index (χ4v) is 3.01. The Morgan fingerprint density at radius 2 is 1.50 bits per heavy atom. The zero-order chi connectivity index (χ0) is 12.4. The molecule has 0 amide bonds. The van der Waals surface area contributed by atoms with Crippen LogP contribution in [-0.2, 0) is 0 Å². The molecule has 3 rings (SSSR count). The Hall–Kier alpha value is -1.69. The Kier molecular flexibility index (Phi) is 3.10. The summed E-state index contributed by atoms with van der Waals surface area (Å²) in [4.78, 5) is 4.79.